The van der Waals surface area contributed by atoms with Gasteiger partial charge in [-0.25, -0.2) is 9.55 Å². The summed E-state index contributed by atoms with van der Waals surface area (Å²) in [6, 6.07) is 31.2. The molecule has 4 rings (SSSR count). The zero-order chi connectivity index (χ0) is 33.0. The maximum Gasteiger partial charge on any atom is 0.475 e. The lowest BCUT2D eigenvalue weighted by Gasteiger charge is -2.22. The molecule has 0 unspecified atom stereocenters. The van der Waals surface area contributed by atoms with Gasteiger partial charge in [-0.1, -0.05) is 131 Å². The van der Waals surface area contributed by atoms with Gasteiger partial charge in [0.1, 0.15) is 11.6 Å². The minimum atomic E-state index is -3.89. The van der Waals surface area contributed by atoms with Gasteiger partial charge in [-0.15, -0.1) is 0 Å². The number of rotatable bonds is 23. The molecule has 0 spiro atoms. The summed E-state index contributed by atoms with van der Waals surface area (Å²) in [5, 5.41) is 3.31. The van der Waals surface area contributed by atoms with E-state index in [1.54, 1.807) is 6.20 Å². The largest absolute Gasteiger partial charge is 0.494 e. The average molecular weight is 659 g/mol. The average Bonchev–Trinajstić information content (AvgIpc) is 3.11. The SMILES string of the molecule is CCCCCCCCCCCOc1cccc(-c2ccnc(NC[C@@H](C)OP(=O)(OCc3ccccc3)OCc3ccccc3)c2)c1. The summed E-state index contributed by atoms with van der Waals surface area (Å²) < 4.78 is 37.3. The van der Waals surface area contributed by atoms with Crippen molar-refractivity contribution in [3.05, 3.63) is 114 Å². The van der Waals surface area contributed by atoms with Gasteiger partial charge in [0.05, 0.1) is 25.9 Å². The summed E-state index contributed by atoms with van der Waals surface area (Å²) in [5.74, 6) is 1.56. The molecule has 0 saturated heterocycles. The Morgan fingerprint density at radius 3 is 1.94 bits per heavy atom. The maximum absolute atomic E-state index is 13.7. The van der Waals surface area contributed by atoms with E-state index >= 15 is 0 Å². The summed E-state index contributed by atoms with van der Waals surface area (Å²) in [4.78, 5) is 4.48. The van der Waals surface area contributed by atoms with Gasteiger partial charge in [-0.05, 0) is 59.9 Å². The van der Waals surface area contributed by atoms with E-state index in [1.165, 1.54) is 51.4 Å². The highest BCUT2D eigenvalue weighted by molar-refractivity contribution is 7.48. The third-order valence-electron chi connectivity index (χ3n) is 7.79. The first-order valence-corrected chi connectivity index (χ1v) is 18.6. The van der Waals surface area contributed by atoms with Gasteiger partial charge in [0, 0.05) is 12.7 Å². The number of hydrogen-bond acceptors (Lipinski definition) is 7. The molecule has 8 heteroatoms. The molecule has 0 aliphatic rings. The van der Waals surface area contributed by atoms with E-state index in [1.807, 2.05) is 91.9 Å². The molecule has 0 saturated carbocycles. The Kier molecular flexibility index (Phi) is 16.0. The number of aromatic nitrogens is 1. The molecule has 0 radical (unpaired) electrons. The predicted molar refractivity (Wildman–Crippen MR) is 192 cm³/mol. The second kappa shape index (κ2) is 20.7. The molecule has 0 aliphatic carbocycles. The van der Waals surface area contributed by atoms with Gasteiger partial charge in [0.25, 0.3) is 0 Å². The first kappa shape index (κ1) is 36.4. The number of phosphoric acid groups is 1. The lowest BCUT2D eigenvalue weighted by atomic mass is 10.1. The Labute approximate surface area is 281 Å². The van der Waals surface area contributed by atoms with Crippen LogP contribution in [0.25, 0.3) is 11.1 Å². The minimum Gasteiger partial charge on any atom is -0.494 e. The number of ether oxygens (including phenoxy) is 1. The van der Waals surface area contributed by atoms with Crippen LogP contribution < -0.4 is 10.1 Å². The minimum absolute atomic E-state index is 0.110. The Morgan fingerprint density at radius 1 is 0.702 bits per heavy atom. The summed E-state index contributed by atoms with van der Waals surface area (Å²) in [6.07, 6.45) is 12.9. The third kappa shape index (κ3) is 14.0. The highest BCUT2D eigenvalue weighted by Crippen LogP contribution is 2.52. The van der Waals surface area contributed by atoms with Crippen molar-refractivity contribution in [2.45, 2.75) is 91.0 Å². The number of anilines is 1. The summed E-state index contributed by atoms with van der Waals surface area (Å²) in [5.41, 5.74) is 3.83. The first-order chi connectivity index (χ1) is 23.0. The lowest BCUT2D eigenvalue weighted by Crippen LogP contribution is -2.20. The van der Waals surface area contributed by atoms with Crippen molar-refractivity contribution in [3.8, 4) is 16.9 Å². The normalized spacial score (nSPS) is 12.1. The number of nitrogens with one attached hydrogen (secondary N) is 1. The van der Waals surface area contributed by atoms with Crippen LogP contribution in [0.5, 0.6) is 5.75 Å². The van der Waals surface area contributed by atoms with E-state index < -0.39 is 13.9 Å². The van der Waals surface area contributed by atoms with E-state index in [0.29, 0.717) is 12.4 Å². The molecule has 1 atom stereocenters. The highest BCUT2D eigenvalue weighted by atomic mass is 31.2. The fourth-order valence-corrected chi connectivity index (χ4v) is 6.46. The molecule has 0 amide bonds. The van der Waals surface area contributed by atoms with Gasteiger partial charge in [0.2, 0.25) is 0 Å². The topological polar surface area (TPSA) is 78.9 Å². The second-order valence-electron chi connectivity index (χ2n) is 11.9. The molecular weight excluding hydrogens is 607 g/mol. The van der Waals surface area contributed by atoms with Crippen molar-refractivity contribution in [2.75, 3.05) is 18.5 Å². The summed E-state index contributed by atoms with van der Waals surface area (Å²) >= 11 is 0. The lowest BCUT2D eigenvalue weighted by molar-refractivity contribution is 0.0799. The molecule has 0 aliphatic heterocycles. The van der Waals surface area contributed by atoms with E-state index in [2.05, 4.69) is 29.4 Å². The molecule has 0 fully saturated rings. The van der Waals surface area contributed by atoms with E-state index in [4.69, 9.17) is 18.3 Å². The van der Waals surface area contributed by atoms with Crippen molar-refractivity contribution in [1.82, 2.24) is 4.98 Å². The van der Waals surface area contributed by atoms with Crippen LogP contribution in [0.3, 0.4) is 0 Å². The number of hydrogen-bond donors (Lipinski definition) is 1. The van der Waals surface area contributed by atoms with Crippen molar-refractivity contribution < 1.29 is 22.9 Å². The van der Waals surface area contributed by atoms with Gasteiger partial charge in [-0.2, -0.15) is 0 Å². The Balaban J connectivity index is 1.26. The molecule has 1 heterocycles. The molecule has 4 aromatic rings. The summed E-state index contributed by atoms with van der Waals surface area (Å²) in [6.45, 7) is 5.39. The molecule has 0 bridgehead atoms. The predicted octanol–water partition coefficient (Wildman–Crippen LogP) is 11.0. The number of pyridine rings is 1. The number of benzene rings is 3. The molecule has 1 aromatic heterocycles. The number of unbranched alkanes of at least 4 members (excludes halogenated alkanes) is 8. The monoisotopic (exact) mass is 658 g/mol. The van der Waals surface area contributed by atoms with Crippen LogP contribution in [0, 0.1) is 0 Å². The quantitative estimate of drug-likeness (QED) is 0.0627. The van der Waals surface area contributed by atoms with E-state index in [9.17, 15) is 4.57 Å². The van der Waals surface area contributed by atoms with Crippen molar-refractivity contribution in [1.29, 1.82) is 0 Å². The van der Waals surface area contributed by atoms with Crippen LogP contribution in [0.1, 0.15) is 82.8 Å². The Hall–Kier alpha value is -3.48. The standard InChI is InChI=1S/C39H51N2O5P/c1-3-4-5-6-7-8-9-10-17-27-43-38-24-18-23-36(28-38)37-25-26-40-39(29-37)41-30-33(2)46-47(42,44-31-34-19-13-11-14-20-34)45-32-35-21-15-12-16-22-35/h11-16,18-26,28-29,33H,3-10,17,27,30-32H2,1-2H3,(H,40,41)/t33-/m1/s1. The molecule has 3 aromatic carbocycles. The first-order valence-electron chi connectivity index (χ1n) is 17.1. The smallest absolute Gasteiger partial charge is 0.475 e. The van der Waals surface area contributed by atoms with E-state index in [-0.39, 0.29) is 13.2 Å². The fraction of sp³-hybridized carbons (Fsp3) is 0.410. The Morgan fingerprint density at radius 2 is 1.30 bits per heavy atom. The van der Waals surface area contributed by atoms with Crippen molar-refractivity contribution in [2.24, 2.45) is 0 Å². The van der Waals surface area contributed by atoms with Crippen molar-refractivity contribution in [3.63, 3.8) is 0 Å². The zero-order valence-electron chi connectivity index (χ0n) is 28.0. The molecule has 47 heavy (non-hydrogen) atoms. The van der Waals surface area contributed by atoms with Crippen LogP contribution in [0.4, 0.5) is 5.82 Å². The molecule has 1 N–H and O–H groups in total. The summed E-state index contributed by atoms with van der Waals surface area (Å²) in [7, 11) is -3.89. The van der Waals surface area contributed by atoms with Crippen LogP contribution in [-0.2, 0) is 31.4 Å². The molecule has 7 nitrogen and oxygen atoms in total. The van der Waals surface area contributed by atoms with Crippen LogP contribution >= 0.6 is 7.82 Å². The second-order valence-corrected chi connectivity index (χ2v) is 13.5. The third-order valence-corrected chi connectivity index (χ3v) is 9.30. The van der Waals surface area contributed by atoms with Crippen molar-refractivity contribution >= 4 is 13.6 Å². The molecular formula is C39H51N2O5P. The number of phosphoric ester groups is 1. The zero-order valence-corrected chi connectivity index (χ0v) is 28.9. The van der Waals surface area contributed by atoms with Gasteiger partial charge in [-0.3, -0.25) is 13.6 Å². The number of nitrogens with zero attached hydrogens (tertiary/aromatic N) is 1. The van der Waals surface area contributed by atoms with Crippen LogP contribution in [0.2, 0.25) is 0 Å². The van der Waals surface area contributed by atoms with Gasteiger partial charge in [0.15, 0.2) is 0 Å². The maximum atomic E-state index is 13.7. The van der Waals surface area contributed by atoms with Gasteiger partial charge >= 0.3 is 7.82 Å². The van der Waals surface area contributed by atoms with Crippen LogP contribution in [-0.4, -0.2) is 24.2 Å². The van der Waals surface area contributed by atoms with Gasteiger partial charge < -0.3 is 10.1 Å². The van der Waals surface area contributed by atoms with Crippen LogP contribution in [0.15, 0.2) is 103 Å². The van der Waals surface area contributed by atoms with E-state index in [0.717, 1.165) is 41.0 Å². The molecule has 252 valence electrons. The highest BCUT2D eigenvalue weighted by Gasteiger charge is 2.30. The fourth-order valence-electron chi connectivity index (χ4n) is 5.13. The Bertz CT molecular complexity index is 1420.